The molecule has 0 unspecified atom stereocenters. The molecule has 1 fully saturated rings. The van der Waals surface area contributed by atoms with E-state index in [2.05, 4.69) is 186 Å². The number of anilines is 6. The highest BCUT2D eigenvalue weighted by molar-refractivity contribution is 7.25. The van der Waals surface area contributed by atoms with Crippen LogP contribution in [0.4, 0.5) is 34.1 Å². The van der Waals surface area contributed by atoms with Gasteiger partial charge in [0.05, 0.1) is 0 Å². The van der Waals surface area contributed by atoms with Crippen LogP contribution in [0.3, 0.4) is 0 Å². The van der Waals surface area contributed by atoms with Gasteiger partial charge in [-0.05, 0) is 121 Å². The molecule has 0 spiro atoms. The van der Waals surface area contributed by atoms with Gasteiger partial charge in [-0.15, -0.1) is 11.3 Å². The Hall–Kier alpha value is -5.64. The van der Waals surface area contributed by atoms with Gasteiger partial charge in [0.25, 0.3) is 0 Å². The predicted molar refractivity (Wildman–Crippen MR) is 224 cm³/mol. The Bertz CT molecular complexity index is 2350. The second-order valence-electron chi connectivity index (χ2n) is 14.1. The van der Waals surface area contributed by atoms with Crippen LogP contribution in [0.25, 0.3) is 20.2 Å². The third-order valence-corrected chi connectivity index (χ3v) is 11.8. The molecule has 0 N–H and O–H groups in total. The van der Waals surface area contributed by atoms with Crippen LogP contribution >= 0.6 is 11.3 Å². The summed E-state index contributed by atoms with van der Waals surface area (Å²) in [7, 11) is 0. The molecule has 254 valence electrons. The minimum absolute atomic E-state index is 0.694. The molecular formula is C49H42N2S. The number of benzene rings is 7. The van der Waals surface area contributed by atoms with E-state index in [1.807, 2.05) is 11.3 Å². The second-order valence-corrected chi connectivity index (χ2v) is 15.1. The third-order valence-electron chi connectivity index (χ3n) is 10.7. The fourth-order valence-electron chi connectivity index (χ4n) is 8.00. The van der Waals surface area contributed by atoms with E-state index in [4.69, 9.17) is 0 Å². The Morgan fingerprint density at radius 3 is 1.46 bits per heavy atom. The molecule has 0 bridgehead atoms. The molecule has 9 rings (SSSR count). The fourth-order valence-corrected chi connectivity index (χ4v) is 9.13. The molecular weight excluding hydrogens is 649 g/mol. The van der Waals surface area contributed by atoms with Crippen LogP contribution < -0.4 is 9.80 Å². The van der Waals surface area contributed by atoms with Gasteiger partial charge in [-0.25, -0.2) is 0 Å². The van der Waals surface area contributed by atoms with Gasteiger partial charge in [0.15, 0.2) is 0 Å². The van der Waals surface area contributed by atoms with Crippen molar-refractivity contribution in [2.24, 2.45) is 0 Å². The van der Waals surface area contributed by atoms with Crippen LogP contribution in [-0.2, 0) is 6.42 Å². The first-order chi connectivity index (χ1) is 25.8. The molecule has 1 saturated carbocycles. The zero-order valence-corrected chi connectivity index (χ0v) is 30.2. The smallest absolute Gasteiger partial charge is 0.0476 e. The van der Waals surface area contributed by atoms with Crippen molar-refractivity contribution in [2.45, 2.75) is 44.4 Å². The summed E-state index contributed by atoms with van der Waals surface area (Å²) in [5.41, 5.74) is 11.1. The molecule has 0 aliphatic heterocycles. The zero-order chi connectivity index (χ0) is 34.7. The zero-order valence-electron chi connectivity index (χ0n) is 29.4. The van der Waals surface area contributed by atoms with Gasteiger partial charge >= 0.3 is 0 Å². The van der Waals surface area contributed by atoms with Crippen LogP contribution in [0.5, 0.6) is 0 Å². The van der Waals surface area contributed by atoms with Crippen molar-refractivity contribution < 1.29 is 0 Å². The normalized spacial score (nSPS) is 13.4. The van der Waals surface area contributed by atoms with Crippen LogP contribution in [-0.4, -0.2) is 0 Å². The molecule has 2 nitrogen and oxygen atoms in total. The lowest BCUT2D eigenvalue weighted by atomic mass is 9.84. The first-order valence-electron chi connectivity index (χ1n) is 18.7. The monoisotopic (exact) mass is 690 g/mol. The summed E-state index contributed by atoms with van der Waals surface area (Å²) in [4.78, 5) is 4.74. The van der Waals surface area contributed by atoms with Crippen molar-refractivity contribution in [1.82, 2.24) is 0 Å². The highest BCUT2D eigenvalue weighted by Crippen LogP contribution is 2.42. The summed E-state index contributed by atoms with van der Waals surface area (Å²) in [5, 5.41) is 2.66. The first kappa shape index (κ1) is 32.3. The van der Waals surface area contributed by atoms with E-state index in [-0.39, 0.29) is 0 Å². The Labute approximate surface area is 311 Å². The summed E-state index contributed by atoms with van der Waals surface area (Å²) < 4.78 is 2.66. The van der Waals surface area contributed by atoms with E-state index in [0.29, 0.717) is 5.92 Å². The standard InChI is InChI=1S/C49H42N2S/c1-4-12-38(13-5-1)39-24-30-44(31-25-39)51(45-32-33-47-46-18-10-11-19-48(46)52-49(47)35-45)43-28-22-37(23-29-43)34-36-20-26-42(27-21-36)50(40-14-6-2-7-15-40)41-16-8-3-9-17-41/h2-3,6-11,14-33,35,38H,1,4-5,12-13,34H2. The van der Waals surface area contributed by atoms with Crippen molar-refractivity contribution in [3.8, 4) is 0 Å². The molecule has 8 aromatic rings. The predicted octanol–water partition coefficient (Wildman–Crippen LogP) is 14.6. The van der Waals surface area contributed by atoms with E-state index in [1.54, 1.807) is 0 Å². The Morgan fingerprint density at radius 2 is 0.865 bits per heavy atom. The van der Waals surface area contributed by atoms with Gasteiger partial charge in [0, 0.05) is 54.3 Å². The van der Waals surface area contributed by atoms with E-state index < -0.39 is 0 Å². The molecule has 1 aliphatic carbocycles. The van der Waals surface area contributed by atoms with E-state index in [0.717, 1.165) is 23.5 Å². The van der Waals surface area contributed by atoms with Crippen molar-refractivity contribution in [3.05, 3.63) is 193 Å². The number of thiophene rings is 1. The minimum atomic E-state index is 0.694. The number of para-hydroxylation sites is 2. The maximum absolute atomic E-state index is 2.43. The van der Waals surface area contributed by atoms with Crippen molar-refractivity contribution in [1.29, 1.82) is 0 Å². The second kappa shape index (κ2) is 14.5. The van der Waals surface area contributed by atoms with Crippen molar-refractivity contribution in [3.63, 3.8) is 0 Å². The number of fused-ring (bicyclic) bond motifs is 3. The highest BCUT2D eigenvalue weighted by atomic mass is 32.1. The molecule has 1 heterocycles. The summed E-state index contributed by atoms with van der Waals surface area (Å²) in [6.45, 7) is 0. The number of rotatable bonds is 9. The molecule has 0 atom stereocenters. The highest BCUT2D eigenvalue weighted by Gasteiger charge is 2.19. The summed E-state index contributed by atoms with van der Waals surface area (Å²) >= 11 is 1.88. The van der Waals surface area contributed by atoms with Crippen molar-refractivity contribution >= 4 is 65.6 Å². The quantitative estimate of drug-likeness (QED) is 0.149. The Kier molecular flexibility index (Phi) is 9.02. The van der Waals surface area contributed by atoms with E-state index in [9.17, 15) is 0 Å². The molecule has 0 amide bonds. The Morgan fingerprint density at radius 1 is 0.404 bits per heavy atom. The number of hydrogen-bond acceptors (Lipinski definition) is 3. The van der Waals surface area contributed by atoms with Gasteiger partial charge in [-0.2, -0.15) is 0 Å². The maximum Gasteiger partial charge on any atom is 0.0476 e. The van der Waals surface area contributed by atoms with Gasteiger partial charge in [0.2, 0.25) is 0 Å². The topological polar surface area (TPSA) is 6.48 Å². The molecule has 1 aromatic heterocycles. The summed E-state index contributed by atoms with van der Waals surface area (Å²) in [6, 6.07) is 64.5. The summed E-state index contributed by atoms with van der Waals surface area (Å²) in [5.74, 6) is 0.694. The lowest BCUT2D eigenvalue weighted by molar-refractivity contribution is 0.443. The van der Waals surface area contributed by atoms with E-state index in [1.165, 1.54) is 86.0 Å². The molecule has 3 heteroatoms. The lowest BCUT2D eigenvalue weighted by Crippen LogP contribution is -2.11. The largest absolute Gasteiger partial charge is 0.311 e. The lowest BCUT2D eigenvalue weighted by Gasteiger charge is -2.27. The Balaban J connectivity index is 1.01. The van der Waals surface area contributed by atoms with Crippen LogP contribution in [0.15, 0.2) is 176 Å². The summed E-state index contributed by atoms with van der Waals surface area (Å²) in [6.07, 6.45) is 7.59. The number of hydrogen-bond donors (Lipinski definition) is 0. The molecule has 0 radical (unpaired) electrons. The molecule has 52 heavy (non-hydrogen) atoms. The third kappa shape index (κ3) is 6.61. The SMILES string of the molecule is c1ccc(N(c2ccccc2)c2ccc(Cc3ccc(N(c4ccc(C5CCCCC5)cc4)c4ccc5c(c4)sc4ccccc45)cc3)cc2)cc1. The van der Waals surface area contributed by atoms with Gasteiger partial charge in [-0.1, -0.05) is 116 Å². The number of nitrogens with zero attached hydrogens (tertiary/aromatic N) is 2. The molecule has 1 aliphatic rings. The maximum atomic E-state index is 2.43. The average molecular weight is 691 g/mol. The molecule has 7 aromatic carbocycles. The van der Waals surface area contributed by atoms with E-state index >= 15 is 0 Å². The van der Waals surface area contributed by atoms with Crippen LogP contribution in [0.1, 0.15) is 54.7 Å². The molecule has 0 saturated heterocycles. The van der Waals surface area contributed by atoms with Gasteiger partial charge in [-0.3, -0.25) is 0 Å². The minimum Gasteiger partial charge on any atom is -0.311 e. The average Bonchev–Trinajstić information content (AvgIpc) is 3.59. The fraction of sp³-hybridized carbons (Fsp3) is 0.143. The van der Waals surface area contributed by atoms with Crippen LogP contribution in [0.2, 0.25) is 0 Å². The van der Waals surface area contributed by atoms with Gasteiger partial charge in [0.1, 0.15) is 0 Å². The first-order valence-corrected chi connectivity index (χ1v) is 19.5. The van der Waals surface area contributed by atoms with Gasteiger partial charge < -0.3 is 9.80 Å². The van der Waals surface area contributed by atoms with Crippen LogP contribution in [0, 0.1) is 0 Å². The van der Waals surface area contributed by atoms with Crippen molar-refractivity contribution in [2.75, 3.05) is 9.80 Å².